The maximum atomic E-state index is 13.9. The zero-order valence-electron chi connectivity index (χ0n) is 22.4. The molecular weight excluding hydrogens is 472 g/mol. The van der Waals surface area contributed by atoms with Gasteiger partial charge in [0.15, 0.2) is 5.60 Å². The molecule has 3 heterocycles. The van der Waals surface area contributed by atoms with Crippen LogP contribution in [0.2, 0.25) is 0 Å². The van der Waals surface area contributed by atoms with Gasteiger partial charge in [0, 0.05) is 30.4 Å². The highest BCUT2D eigenvalue weighted by molar-refractivity contribution is 6.08. The molecule has 1 unspecified atom stereocenters. The summed E-state index contributed by atoms with van der Waals surface area (Å²) in [6.45, 7) is 11.9. The molecule has 1 fully saturated rings. The number of hydrogen-bond acceptors (Lipinski definition) is 7. The molecule has 2 aliphatic heterocycles. The predicted octanol–water partition coefficient (Wildman–Crippen LogP) is 4.31. The Labute approximate surface area is 218 Å². The molecule has 0 bridgehead atoms. The third-order valence-electron chi connectivity index (χ3n) is 6.57. The van der Waals surface area contributed by atoms with Gasteiger partial charge in [0.2, 0.25) is 0 Å². The molecule has 2 aliphatic rings. The molecule has 37 heavy (non-hydrogen) atoms. The van der Waals surface area contributed by atoms with E-state index in [1.807, 2.05) is 39.8 Å². The summed E-state index contributed by atoms with van der Waals surface area (Å²) in [4.78, 5) is 40.0. The van der Waals surface area contributed by atoms with Crippen LogP contribution in [0.25, 0.3) is 0 Å². The molecular formula is C28H36N4O5. The van der Waals surface area contributed by atoms with Gasteiger partial charge in [-0.1, -0.05) is 23.4 Å². The molecule has 198 valence electrons. The summed E-state index contributed by atoms with van der Waals surface area (Å²) >= 11 is 0. The van der Waals surface area contributed by atoms with Gasteiger partial charge >= 0.3 is 6.09 Å². The molecule has 0 spiro atoms. The number of carbonyl (C=O) groups is 2. The Morgan fingerprint density at radius 1 is 1.19 bits per heavy atom. The van der Waals surface area contributed by atoms with Crippen molar-refractivity contribution in [3.05, 3.63) is 59.3 Å². The first kappa shape index (κ1) is 26.6. The Balaban J connectivity index is 1.61. The third-order valence-corrected chi connectivity index (χ3v) is 6.57. The number of likely N-dealkylation sites (tertiary alicyclic amines) is 1. The van der Waals surface area contributed by atoms with Crippen LogP contribution < -0.4 is 4.90 Å². The van der Waals surface area contributed by atoms with Crippen molar-refractivity contribution in [2.24, 2.45) is 5.16 Å². The van der Waals surface area contributed by atoms with Crippen molar-refractivity contribution in [3.8, 4) is 0 Å². The molecule has 2 aromatic rings. The highest BCUT2D eigenvalue weighted by Crippen LogP contribution is 2.29. The molecule has 1 N–H and O–H groups in total. The number of rotatable bonds is 4. The molecule has 1 aromatic heterocycles. The summed E-state index contributed by atoms with van der Waals surface area (Å²) in [5, 5.41) is 14.6. The summed E-state index contributed by atoms with van der Waals surface area (Å²) in [5.41, 5.74) is 1.04. The average molecular weight is 509 g/mol. The van der Waals surface area contributed by atoms with Crippen LogP contribution in [0, 0.1) is 6.92 Å². The van der Waals surface area contributed by atoms with Crippen LogP contribution in [0.4, 0.5) is 10.6 Å². The van der Waals surface area contributed by atoms with Crippen molar-refractivity contribution in [3.63, 3.8) is 0 Å². The summed E-state index contributed by atoms with van der Waals surface area (Å²) in [6, 6.07) is 10.4. The van der Waals surface area contributed by atoms with E-state index in [2.05, 4.69) is 10.1 Å². The van der Waals surface area contributed by atoms with Gasteiger partial charge < -0.3 is 19.6 Å². The molecule has 0 radical (unpaired) electrons. The van der Waals surface area contributed by atoms with Crippen LogP contribution in [0.3, 0.4) is 0 Å². The highest BCUT2D eigenvalue weighted by atomic mass is 16.7. The summed E-state index contributed by atoms with van der Waals surface area (Å²) in [7, 11) is 0. The number of ether oxygens (including phenoxy) is 1. The first-order valence-corrected chi connectivity index (χ1v) is 12.6. The second-order valence-electron chi connectivity index (χ2n) is 11.2. The number of anilines is 1. The van der Waals surface area contributed by atoms with Gasteiger partial charge in [-0.2, -0.15) is 0 Å². The Bertz CT molecular complexity index is 1190. The third kappa shape index (κ3) is 5.77. The van der Waals surface area contributed by atoms with Crippen molar-refractivity contribution >= 4 is 23.5 Å². The molecule has 1 aromatic carbocycles. The van der Waals surface area contributed by atoms with Gasteiger partial charge in [-0.15, -0.1) is 0 Å². The minimum absolute atomic E-state index is 0.213. The second kappa shape index (κ2) is 10.1. The van der Waals surface area contributed by atoms with E-state index in [0.29, 0.717) is 35.7 Å². The maximum Gasteiger partial charge on any atom is 0.410 e. The van der Waals surface area contributed by atoms with Gasteiger partial charge in [0.05, 0.1) is 6.04 Å². The van der Waals surface area contributed by atoms with E-state index in [1.54, 1.807) is 54.1 Å². The van der Waals surface area contributed by atoms with Gasteiger partial charge in [0.1, 0.15) is 23.2 Å². The normalized spacial score (nSPS) is 21.2. The van der Waals surface area contributed by atoms with Crippen LogP contribution in [0.1, 0.15) is 68.9 Å². The number of aliphatic hydroxyl groups is 1. The number of nitrogens with zero attached hydrogens (tertiary/aromatic N) is 4. The number of aryl methyl sites for hydroxylation is 1. The molecule has 2 atom stereocenters. The molecule has 0 aliphatic carbocycles. The number of oxime groups is 1. The number of carbonyl (C=O) groups excluding carboxylic acids is 2. The highest BCUT2D eigenvalue weighted by Gasteiger charge is 2.41. The van der Waals surface area contributed by atoms with Gasteiger partial charge in [-0.3, -0.25) is 9.69 Å². The Kier molecular flexibility index (Phi) is 7.28. The van der Waals surface area contributed by atoms with Crippen molar-refractivity contribution in [1.82, 2.24) is 9.88 Å². The van der Waals surface area contributed by atoms with Crippen LogP contribution in [0.15, 0.2) is 47.8 Å². The molecule has 2 amide bonds. The quantitative estimate of drug-likeness (QED) is 0.660. The van der Waals surface area contributed by atoms with Crippen molar-refractivity contribution in [2.75, 3.05) is 18.0 Å². The molecule has 9 nitrogen and oxygen atoms in total. The number of benzene rings is 1. The SMILES string of the molecule is Cc1cccnc1N(C(=O)c1ccc(C2=NOC(C)(C)C2O)cc1)[C@@H]1CCCN(C(=O)OC(C)(C)C)C1. The van der Waals surface area contributed by atoms with E-state index in [4.69, 9.17) is 9.57 Å². The van der Waals surface area contributed by atoms with Crippen LogP contribution in [-0.4, -0.2) is 69.1 Å². The van der Waals surface area contributed by atoms with Gasteiger partial charge in [-0.05, 0) is 78.1 Å². The standard InChI is InChI=1S/C28H36N4O5/c1-18-9-7-15-29-24(18)32(21-10-8-16-31(17-21)26(35)36-27(2,3)4)25(34)20-13-11-19(12-14-20)22-23(33)28(5,6)37-30-22/h7,9,11-15,21,23,33H,8,10,16-17H2,1-6H3/t21-,23?/m1/s1. The zero-order chi connectivity index (χ0) is 27.0. The summed E-state index contributed by atoms with van der Waals surface area (Å²) < 4.78 is 5.59. The first-order valence-electron chi connectivity index (χ1n) is 12.6. The summed E-state index contributed by atoms with van der Waals surface area (Å²) in [6.07, 6.45) is 1.89. The molecule has 0 saturated carbocycles. The number of hydrogen-bond donors (Lipinski definition) is 1. The van der Waals surface area contributed by atoms with Crippen LogP contribution in [0.5, 0.6) is 0 Å². The van der Waals surface area contributed by atoms with Crippen LogP contribution in [-0.2, 0) is 9.57 Å². The topological polar surface area (TPSA) is 105 Å². The van der Waals surface area contributed by atoms with E-state index >= 15 is 0 Å². The van der Waals surface area contributed by atoms with E-state index in [-0.39, 0.29) is 18.0 Å². The van der Waals surface area contributed by atoms with Gasteiger partial charge in [0.25, 0.3) is 5.91 Å². The van der Waals surface area contributed by atoms with Crippen molar-refractivity contribution in [2.45, 2.75) is 77.7 Å². The lowest BCUT2D eigenvalue weighted by Crippen LogP contribution is -2.53. The predicted molar refractivity (Wildman–Crippen MR) is 141 cm³/mol. The summed E-state index contributed by atoms with van der Waals surface area (Å²) in [5.74, 6) is 0.355. The monoisotopic (exact) mass is 508 g/mol. The van der Waals surface area contributed by atoms with E-state index < -0.39 is 17.3 Å². The molecule has 9 heteroatoms. The fourth-order valence-electron chi connectivity index (χ4n) is 4.55. The Hall–Kier alpha value is -3.46. The Morgan fingerprint density at radius 3 is 2.49 bits per heavy atom. The number of aromatic nitrogens is 1. The second-order valence-corrected chi connectivity index (χ2v) is 11.2. The van der Waals surface area contributed by atoms with E-state index in [0.717, 1.165) is 18.4 Å². The van der Waals surface area contributed by atoms with Gasteiger partial charge in [-0.25, -0.2) is 9.78 Å². The Morgan fingerprint density at radius 2 is 1.89 bits per heavy atom. The first-order chi connectivity index (χ1) is 17.4. The van der Waals surface area contributed by atoms with Crippen molar-refractivity contribution < 1.29 is 24.3 Å². The smallest absolute Gasteiger partial charge is 0.410 e. The molecule has 1 saturated heterocycles. The van der Waals surface area contributed by atoms with E-state index in [1.165, 1.54) is 0 Å². The van der Waals surface area contributed by atoms with Crippen LogP contribution >= 0.6 is 0 Å². The molecule has 4 rings (SSSR count). The van der Waals surface area contributed by atoms with E-state index in [9.17, 15) is 14.7 Å². The lowest BCUT2D eigenvalue weighted by molar-refractivity contribution is -0.0476. The number of piperidine rings is 1. The van der Waals surface area contributed by atoms with Crippen molar-refractivity contribution in [1.29, 1.82) is 0 Å². The lowest BCUT2D eigenvalue weighted by Gasteiger charge is -2.39. The largest absolute Gasteiger partial charge is 0.444 e. The lowest BCUT2D eigenvalue weighted by atomic mass is 9.93. The zero-order valence-corrected chi connectivity index (χ0v) is 22.4. The maximum absolute atomic E-state index is 13.9. The number of pyridine rings is 1. The fraction of sp³-hybridized carbons (Fsp3) is 0.500. The number of aliphatic hydroxyl groups excluding tert-OH is 1. The average Bonchev–Trinajstić information content (AvgIpc) is 3.12. The fourth-order valence-corrected chi connectivity index (χ4v) is 4.55. The number of amides is 2. The minimum atomic E-state index is -0.872. The minimum Gasteiger partial charge on any atom is -0.444 e.